The number of hydrogen-bond acceptors (Lipinski definition) is 2. The zero-order valence-electron chi connectivity index (χ0n) is 11.7. The Kier molecular flexibility index (Phi) is 4.66. The summed E-state index contributed by atoms with van der Waals surface area (Å²) in [7, 11) is 0. The van der Waals surface area contributed by atoms with Gasteiger partial charge < -0.3 is 0 Å². The number of carbonyl (C=O) groups is 1. The summed E-state index contributed by atoms with van der Waals surface area (Å²) in [6, 6.07) is 20.3. The fourth-order valence-electron chi connectivity index (χ4n) is 2.13. The molecule has 1 nitrogen and oxygen atoms in total. The van der Waals surface area contributed by atoms with Crippen molar-refractivity contribution in [3.05, 3.63) is 87.0 Å². The van der Waals surface area contributed by atoms with Crippen molar-refractivity contribution >= 4 is 39.1 Å². The van der Waals surface area contributed by atoms with Gasteiger partial charge in [0.15, 0.2) is 5.78 Å². The van der Waals surface area contributed by atoms with Crippen molar-refractivity contribution in [1.82, 2.24) is 0 Å². The number of carbonyl (C=O) groups excluding carboxylic acids is 1. The van der Waals surface area contributed by atoms with Crippen LogP contribution in [0.3, 0.4) is 0 Å². The molecule has 0 unspecified atom stereocenters. The first kappa shape index (κ1) is 14.9. The molecule has 0 saturated heterocycles. The van der Waals surface area contributed by atoms with Crippen molar-refractivity contribution in [2.45, 2.75) is 0 Å². The van der Waals surface area contributed by atoms with Crippen LogP contribution in [0.15, 0.2) is 76.6 Å². The predicted molar refractivity (Wildman–Crippen MR) is 97.3 cm³/mol. The van der Waals surface area contributed by atoms with Crippen molar-refractivity contribution in [3.8, 4) is 11.1 Å². The summed E-state index contributed by atoms with van der Waals surface area (Å²) in [4.78, 5) is 12.8. The molecule has 0 aliphatic carbocycles. The highest BCUT2D eigenvalue weighted by Gasteiger charge is 2.07. The van der Waals surface area contributed by atoms with Crippen molar-refractivity contribution in [1.29, 1.82) is 0 Å². The number of halogens is 1. The molecule has 0 amide bonds. The molecular weight excluding hydrogens is 356 g/mol. The zero-order chi connectivity index (χ0) is 15.4. The maximum Gasteiger partial charge on any atom is 0.196 e. The van der Waals surface area contributed by atoms with E-state index in [0.717, 1.165) is 14.9 Å². The Morgan fingerprint density at radius 1 is 0.909 bits per heavy atom. The number of ketones is 1. The van der Waals surface area contributed by atoms with E-state index in [1.165, 1.54) is 22.5 Å². The Morgan fingerprint density at radius 2 is 1.59 bits per heavy atom. The van der Waals surface area contributed by atoms with Gasteiger partial charge in [0.2, 0.25) is 0 Å². The molecule has 0 atom stereocenters. The highest BCUT2D eigenvalue weighted by Crippen LogP contribution is 2.24. The van der Waals surface area contributed by atoms with Gasteiger partial charge in [-0.25, -0.2) is 0 Å². The fourth-order valence-corrected chi connectivity index (χ4v) is 3.62. The number of hydrogen-bond donors (Lipinski definition) is 0. The van der Waals surface area contributed by atoms with Crippen LogP contribution in [0.4, 0.5) is 0 Å². The fraction of sp³-hybridized carbons (Fsp3) is 0. The minimum Gasteiger partial charge on any atom is -0.288 e. The summed E-state index contributed by atoms with van der Waals surface area (Å²) in [6.45, 7) is 0. The lowest BCUT2D eigenvalue weighted by Gasteiger charge is -2.01. The standard InChI is InChI=1S/C19H13BrOS/c20-17-12-13-22-19(17)18(21)11-8-14-6-9-16(10-7-14)15-4-2-1-3-5-15/h1-13H/b11-8+. The molecule has 3 aromatic rings. The van der Waals surface area contributed by atoms with Crippen molar-refractivity contribution in [2.24, 2.45) is 0 Å². The van der Waals surface area contributed by atoms with Gasteiger partial charge in [-0.05, 0) is 50.1 Å². The third-order valence-corrected chi connectivity index (χ3v) is 5.14. The van der Waals surface area contributed by atoms with Gasteiger partial charge in [-0.1, -0.05) is 60.7 Å². The number of benzene rings is 2. The Bertz CT molecular complexity index is 801. The van der Waals surface area contributed by atoms with Gasteiger partial charge in [0.1, 0.15) is 0 Å². The van der Waals surface area contributed by atoms with Crippen LogP contribution >= 0.6 is 27.3 Å². The van der Waals surface area contributed by atoms with E-state index in [1.54, 1.807) is 6.08 Å². The smallest absolute Gasteiger partial charge is 0.196 e. The lowest BCUT2D eigenvalue weighted by atomic mass is 10.0. The third kappa shape index (κ3) is 3.43. The molecule has 0 radical (unpaired) electrons. The molecule has 1 heterocycles. The van der Waals surface area contributed by atoms with Crippen molar-refractivity contribution in [2.75, 3.05) is 0 Å². The second kappa shape index (κ2) is 6.86. The molecule has 0 saturated carbocycles. The second-order valence-electron chi connectivity index (χ2n) is 4.78. The Labute approximate surface area is 142 Å². The van der Waals surface area contributed by atoms with Crippen LogP contribution < -0.4 is 0 Å². The first-order valence-corrected chi connectivity index (χ1v) is 8.52. The van der Waals surface area contributed by atoms with Crippen LogP contribution in [0.5, 0.6) is 0 Å². The minimum absolute atomic E-state index is 0.0222. The van der Waals surface area contributed by atoms with Gasteiger partial charge >= 0.3 is 0 Å². The average molecular weight is 369 g/mol. The maximum absolute atomic E-state index is 12.1. The molecule has 0 bridgehead atoms. The molecule has 3 rings (SSSR count). The minimum atomic E-state index is 0.0222. The molecule has 1 aromatic heterocycles. The normalized spacial score (nSPS) is 11.0. The van der Waals surface area contributed by atoms with Crippen LogP contribution in [0.25, 0.3) is 17.2 Å². The van der Waals surface area contributed by atoms with E-state index in [2.05, 4.69) is 40.2 Å². The molecule has 0 fully saturated rings. The maximum atomic E-state index is 12.1. The van der Waals surface area contributed by atoms with Crippen LogP contribution in [0.2, 0.25) is 0 Å². The summed E-state index contributed by atoms with van der Waals surface area (Å²) >= 11 is 4.83. The average Bonchev–Trinajstić information content (AvgIpc) is 3.00. The first-order valence-electron chi connectivity index (χ1n) is 6.85. The molecule has 2 aromatic carbocycles. The van der Waals surface area contributed by atoms with E-state index in [1.807, 2.05) is 47.9 Å². The lowest BCUT2D eigenvalue weighted by Crippen LogP contribution is -1.90. The summed E-state index contributed by atoms with van der Waals surface area (Å²) in [5.74, 6) is 0.0222. The molecule has 108 valence electrons. The summed E-state index contributed by atoms with van der Waals surface area (Å²) in [5, 5.41) is 1.90. The monoisotopic (exact) mass is 368 g/mol. The van der Waals surface area contributed by atoms with Gasteiger partial charge in [-0.15, -0.1) is 11.3 Å². The van der Waals surface area contributed by atoms with E-state index < -0.39 is 0 Å². The predicted octanol–water partition coefficient (Wildman–Crippen LogP) is 6.07. The summed E-state index contributed by atoms with van der Waals surface area (Å²) < 4.78 is 0.853. The lowest BCUT2D eigenvalue weighted by molar-refractivity contribution is 0.105. The number of rotatable bonds is 4. The summed E-state index contributed by atoms with van der Waals surface area (Å²) in [5.41, 5.74) is 3.38. The van der Waals surface area contributed by atoms with Gasteiger partial charge in [0.25, 0.3) is 0 Å². The zero-order valence-corrected chi connectivity index (χ0v) is 14.1. The van der Waals surface area contributed by atoms with Gasteiger partial charge in [0.05, 0.1) is 4.88 Å². The van der Waals surface area contributed by atoms with Crippen molar-refractivity contribution < 1.29 is 4.79 Å². The largest absolute Gasteiger partial charge is 0.288 e. The number of allylic oxidation sites excluding steroid dienone is 1. The Morgan fingerprint density at radius 3 is 2.23 bits per heavy atom. The molecule has 0 aliphatic rings. The molecule has 0 spiro atoms. The van der Waals surface area contributed by atoms with Crippen LogP contribution in [0, 0.1) is 0 Å². The van der Waals surface area contributed by atoms with E-state index >= 15 is 0 Å². The Balaban J connectivity index is 1.75. The molecule has 0 N–H and O–H groups in total. The first-order chi connectivity index (χ1) is 10.7. The van der Waals surface area contributed by atoms with E-state index in [-0.39, 0.29) is 5.78 Å². The molecular formula is C19H13BrOS. The van der Waals surface area contributed by atoms with Crippen LogP contribution in [-0.4, -0.2) is 5.78 Å². The molecule has 0 aliphatic heterocycles. The van der Waals surface area contributed by atoms with Gasteiger partial charge in [0, 0.05) is 4.47 Å². The Hall–Kier alpha value is -1.97. The highest BCUT2D eigenvalue weighted by molar-refractivity contribution is 9.10. The van der Waals surface area contributed by atoms with E-state index in [9.17, 15) is 4.79 Å². The van der Waals surface area contributed by atoms with E-state index in [4.69, 9.17) is 0 Å². The highest BCUT2D eigenvalue weighted by atomic mass is 79.9. The summed E-state index contributed by atoms with van der Waals surface area (Å²) in [6.07, 6.45) is 3.47. The SMILES string of the molecule is O=C(/C=C/c1ccc(-c2ccccc2)cc1)c1sccc1Br. The van der Waals surface area contributed by atoms with Crippen molar-refractivity contribution in [3.63, 3.8) is 0 Å². The van der Waals surface area contributed by atoms with Gasteiger partial charge in [-0.2, -0.15) is 0 Å². The third-order valence-electron chi connectivity index (χ3n) is 3.29. The van der Waals surface area contributed by atoms with E-state index in [0.29, 0.717) is 0 Å². The molecule has 3 heteroatoms. The number of thiophene rings is 1. The van der Waals surface area contributed by atoms with Gasteiger partial charge in [-0.3, -0.25) is 4.79 Å². The topological polar surface area (TPSA) is 17.1 Å². The van der Waals surface area contributed by atoms with Crippen LogP contribution in [-0.2, 0) is 0 Å². The van der Waals surface area contributed by atoms with Crippen LogP contribution in [0.1, 0.15) is 15.2 Å². The molecule has 22 heavy (non-hydrogen) atoms. The second-order valence-corrected chi connectivity index (χ2v) is 6.55. The quantitative estimate of drug-likeness (QED) is 0.403.